The van der Waals surface area contributed by atoms with Crippen LogP contribution < -0.4 is 5.32 Å². The van der Waals surface area contributed by atoms with Gasteiger partial charge in [0.25, 0.3) is 0 Å². The highest BCUT2D eigenvalue weighted by molar-refractivity contribution is 6.08. The van der Waals surface area contributed by atoms with Crippen molar-refractivity contribution in [3.8, 4) is 0 Å². The van der Waals surface area contributed by atoms with E-state index in [4.69, 9.17) is 0 Å². The molecule has 1 aliphatic heterocycles. The molecule has 2 amide bonds. The van der Waals surface area contributed by atoms with E-state index in [1.54, 1.807) is 0 Å². The maximum atomic E-state index is 11.6. The van der Waals surface area contributed by atoms with Crippen LogP contribution in [0, 0.1) is 23.2 Å². The molecule has 0 radical (unpaired) electrons. The predicted molar refractivity (Wildman–Crippen MR) is 45.5 cm³/mol. The van der Waals surface area contributed by atoms with Gasteiger partial charge in [-0.05, 0) is 25.2 Å². The minimum absolute atomic E-state index is 0.0654. The molecule has 4 atom stereocenters. The van der Waals surface area contributed by atoms with E-state index in [2.05, 4.69) is 17.5 Å². The monoisotopic (exact) mass is 177 g/mol. The Balaban J connectivity index is 2.17. The van der Waals surface area contributed by atoms with Gasteiger partial charge in [0.15, 0.2) is 0 Å². The van der Waals surface area contributed by atoms with Crippen molar-refractivity contribution in [2.45, 2.75) is 13.3 Å². The lowest BCUT2D eigenvalue weighted by molar-refractivity contribution is -0.129. The summed E-state index contributed by atoms with van der Waals surface area (Å²) in [7, 11) is 0. The van der Waals surface area contributed by atoms with Gasteiger partial charge < -0.3 is 0 Å². The molecular formula is C10H11NO2. The standard InChI is InChI=1S/C10H11NO2/c1-10-6-3-2-5(4-6)7(10)8(12)11-9(10)13/h2-3,5-7H,4H2,1H3,(H,11,12,13)/t5-,6+,7+,10+/m1/s1. The average Bonchev–Trinajstić information content (AvgIpc) is 2.66. The smallest absolute Gasteiger partial charge is 0.233 e. The van der Waals surface area contributed by atoms with E-state index >= 15 is 0 Å². The van der Waals surface area contributed by atoms with Gasteiger partial charge in [-0.15, -0.1) is 0 Å². The Morgan fingerprint density at radius 1 is 1.46 bits per heavy atom. The van der Waals surface area contributed by atoms with Gasteiger partial charge in [0.2, 0.25) is 11.8 Å². The van der Waals surface area contributed by atoms with Crippen LogP contribution in [0.3, 0.4) is 0 Å². The molecule has 3 rings (SSSR count). The van der Waals surface area contributed by atoms with E-state index in [-0.39, 0.29) is 23.7 Å². The zero-order valence-corrected chi connectivity index (χ0v) is 7.41. The van der Waals surface area contributed by atoms with Crippen LogP contribution in [-0.2, 0) is 9.59 Å². The van der Waals surface area contributed by atoms with E-state index in [0.29, 0.717) is 5.92 Å². The molecule has 0 unspecified atom stereocenters. The first-order chi connectivity index (χ1) is 6.14. The fraction of sp³-hybridized carbons (Fsp3) is 0.600. The van der Waals surface area contributed by atoms with Gasteiger partial charge in [-0.1, -0.05) is 12.2 Å². The second kappa shape index (κ2) is 1.86. The number of carbonyl (C=O) groups is 2. The van der Waals surface area contributed by atoms with Crippen LogP contribution in [-0.4, -0.2) is 11.8 Å². The third kappa shape index (κ3) is 0.598. The predicted octanol–water partition coefficient (Wildman–Crippen LogP) is 0.471. The molecule has 2 fully saturated rings. The summed E-state index contributed by atoms with van der Waals surface area (Å²) in [6.45, 7) is 1.92. The number of carbonyl (C=O) groups excluding carboxylic acids is 2. The Kier molecular flexibility index (Phi) is 1.05. The van der Waals surface area contributed by atoms with Crippen LogP contribution in [0.4, 0.5) is 0 Å². The summed E-state index contributed by atoms with van der Waals surface area (Å²) in [4.78, 5) is 23.1. The lowest BCUT2D eigenvalue weighted by Gasteiger charge is -2.27. The second-order valence-electron chi connectivity index (χ2n) is 4.47. The summed E-state index contributed by atoms with van der Waals surface area (Å²) >= 11 is 0. The van der Waals surface area contributed by atoms with Crippen molar-refractivity contribution >= 4 is 11.8 Å². The molecule has 0 aromatic rings. The summed E-state index contributed by atoms with van der Waals surface area (Å²) in [5.41, 5.74) is -0.434. The molecule has 0 aromatic carbocycles. The third-order valence-corrected chi connectivity index (χ3v) is 3.97. The summed E-state index contributed by atoms with van der Waals surface area (Å²) in [6.07, 6.45) is 5.18. The molecule has 0 aromatic heterocycles. The van der Waals surface area contributed by atoms with E-state index in [9.17, 15) is 9.59 Å². The van der Waals surface area contributed by atoms with Crippen LogP contribution in [0.1, 0.15) is 13.3 Å². The van der Waals surface area contributed by atoms with Crippen molar-refractivity contribution in [1.82, 2.24) is 5.32 Å². The van der Waals surface area contributed by atoms with Gasteiger partial charge in [-0.25, -0.2) is 0 Å². The summed E-state index contributed by atoms with van der Waals surface area (Å²) in [6, 6.07) is 0. The van der Waals surface area contributed by atoms with E-state index in [1.165, 1.54) is 0 Å². The number of amides is 2. The Labute approximate surface area is 76.2 Å². The quantitative estimate of drug-likeness (QED) is 0.432. The van der Waals surface area contributed by atoms with Gasteiger partial charge in [-0.3, -0.25) is 14.9 Å². The molecule has 13 heavy (non-hydrogen) atoms. The number of rotatable bonds is 0. The Bertz CT molecular complexity index is 347. The number of imide groups is 1. The van der Waals surface area contributed by atoms with Crippen molar-refractivity contribution < 1.29 is 9.59 Å². The van der Waals surface area contributed by atoms with Gasteiger partial charge in [-0.2, -0.15) is 0 Å². The molecule has 1 N–H and O–H groups in total. The Morgan fingerprint density at radius 2 is 2.23 bits per heavy atom. The molecule has 2 bridgehead atoms. The topological polar surface area (TPSA) is 46.2 Å². The van der Waals surface area contributed by atoms with Crippen LogP contribution in [0.5, 0.6) is 0 Å². The minimum atomic E-state index is -0.434. The molecule has 68 valence electrons. The molecule has 3 heteroatoms. The normalized spacial score (nSPS) is 51.3. The molecule has 1 heterocycles. The van der Waals surface area contributed by atoms with Crippen molar-refractivity contribution in [3.63, 3.8) is 0 Å². The van der Waals surface area contributed by atoms with Gasteiger partial charge in [0.1, 0.15) is 0 Å². The van der Waals surface area contributed by atoms with Crippen LogP contribution in [0.2, 0.25) is 0 Å². The number of allylic oxidation sites excluding steroid dienone is 2. The first-order valence-electron chi connectivity index (χ1n) is 4.67. The Morgan fingerprint density at radius 3 is 2.92 bits per heavy atom. The highest BCUT2D eigenvalue weighted by Gasteiger charge is 2.64. The zero-order valence-electron chi connectivity index (χ0n) is 7.41. The first kappa shape index (κ1) is 7.30. The highest BCUT2D eigenvalue weighted by atomic mass is 16.2. The molecule has 3 nitrogen and oxygen atoms in total. The van der Waals surface area contributed by atoms with Crippen molar-refractivity contribution in [2.75, 3.05) is 0 Å². The Hall–Kier alpha value is -1.12. The lowest BCUT2D eigenvalue weighted by atomic mass is 9.71. The van der Waals surface area contributed by atoms with E-state index in [1.807, 2.05) is 6.92 Å². The molecule has 0 spiro atoms. The first-order valence-corrected chi connectivity index (χ1v) is 4.67. The van der Waals surface area contributed by atoms with E-state index in [0.717, 1.165) is 6.42 Å². The summed E-state index contributed by atoms with van der Waals surface area (Å²) in [5, 5.41) is 2.44. The average molecular weight is 177 g/mol. The summed E-state index contributed by atoms with van der Waals surface area (Å²) in [5.74, 6) is 0.370. The molecule has 1 saturated heterocycles. The van der Waals surface area contributed by atoms with Crippen LogP contribution in [0.25, 0.3) is 0 Å². The van der Waals surface area contributed by atoms with Crippen molar-refractivity contribution in [1.29, 1.82) is 0 Å². The number of fused-ring (bicyclic) bond motifs is 5. The SMILES string of the molecule is C[C@@]12C(=O)NC(=O)[C@@H]1[C@@H]1C=C[C@H]2C1. The van der Waals surface area contributed by atoms with Crippen LogP contribution >= 0.6 is 0 Å². The molecular weight excluding hydrogens is 166 g/mol. The van der Waals surface area contributed by atoms with Crippen molar-refractivity contribution in [2.24, 2.45) is 23.2 Å². The highest BCUT2D eigenvalue weighted by Crippen LogP contribution is 2.58. The fourth-order valence-electron chi connectivity index (χ4n) is 3.20. The molecule has 1 saturated carbocycles. The number of nitrogens with one attached hydrogen (secondary N) is 1. The maximum absolute atomic E-state index is 11.6. The number of hydrogen-bond donors (Lipinski definition) is 1. The minimum Gasteiger partial charge on any atom is -0.296 e. The summed E-state index contributed by atoms with van der Waals surface area (Å²) < 4.78 is 0. The molecule has 3 aliphatic rings. The van der Waals surface area contributed by atoms with E-state index < -0.39 is 5.41 Å². The third-order valence-electron chi connectivity index (χ3n) is 3.97. The fourth-order valence-corrected chi connectivity index (χ4v) is 3.20. The lowest BCUT2D eigenvalue weighted by Crippen LogP contribution is -2.35. The van der Waals surface area contributed by atoms with Gasteiger partial charge >= 0.3 is 0 Å². The van der Waals surface area contributed by atoms with Crippen LogP contribution in [0.15, 0.2) is 12.2 Å². The maximum Gasteiger partial charge on any atom is 0.233 e. The second-order valence-corrected chi connectivity index (χ2v) is 4.47. The van der Waals surface area contributed by atoms with Gasteiger partial charge in [0.05, 0.1) is 11.3 Å². The van der Waals surface area contributed by atoms with Gasteiger partial charge in [0, 0.05) is 0 Å². The molecule has 2 aliphatic carbocycles. The van der Waals surface area contributed by atoms with Crippen molar-refractivity contribution in [3.05, 3.63) is 12.2 Å². The largest absolute Gasteiger partial charge is 0.296 e. The zero-order chi connectivity index (χ0) is 9.22. The number of hydrogen-bond acceptors (Lipinski definition) is 2.